The molecule has 2 fully saturated rings. The Morgan fingerprint density at radius 3 is 1.38 bits per heavy atom. The molecule has 0 spiro atoms. The molecule has 0 aliphatic carbocycles. The number of carbonyl (C=O) groups is 2. The Bertz CT molecular complexity index is 3040. The van der Waals surface area contributed by atoms with Crippen LogP contribution < -0.4 is 30.7 Å². The van der Waals surface area contributed by atoms with Gasteiger partial charge in [0.1, 0.15) is 0 Å². The standard InChI is InChI=1S/C58H76Cl2N12O8S2/c1-39-7-9-47(29-49(39)55-37-69(3)35-53-41(31-61)25-43(59)27-51(53)55)81(75,76)67-45-11-17-71(33-45)19-23-79-21-15-65-57(73)63-13-5-6-14-64-58(74)66-16-22-80-24-20-72-18-12-46(34-72)68-82(77,78)48-10-8-40(2)50(30-48)56-38-70(4)36-54-42(32-62)26-44(60)28-52(54)56/h7-10,25-30,45-46,55-56,67-68H,5-6,11-24,33-38H2,1-4H3,(H2,63,65,73)(H2,64,66,74)/t45-,46-,55?,56?/m1/s1. The maximum absolute atomic E-state index is 13.7. The topological polar surface area (TPSA) is 254 Å². The lowest BCUT2D eigenvalue weighted by molar-refractivity contribution is 0.113. The number of nitrogens with one attached hydrogen (secondary N) is 6. The highest BCUT2D eigenvalue weighted by atomic mass is 35.5. The minimum Gasteiger partial charge on any atom is -0.378 e. The number of halogens is 2. The lowest BCUT2D eigenvalue weighted by Gasteiger charge is -2.34. The second-order valence-electron chi connectivity index (χ2n) is 21.9. The second kappa shape index (κ2) is 28.9. The summed E-state index contributed by atoms with van der Waals surface area (Å²) in [5.41, 5.74) is 8.51. The van der Waals surface area contributed by atoms with Crippen LogP contribution in [0.15, 0.2) is 70.5 Å². The van der Waals surface area contributed by atoms with Crippen LogP contribution >= 0.6 is 23.2 Å². The predicted molar refractivity (Wildman–Crippen MR) is 315 cm³/mol. The Labute approximate surface area is 493 Å². The number of ether oxygens (including phenoxy) is 2. The lowest BCUT2D eigenvalue weighted by atomic mass is 9.81. The van der Waals surface area contributed by atoms with Crippen molar-refractivity contribution in [2.24, 2.45) is 0 Å². The summed E-state index contributed by atoms with van der Waals surface area (Å²) in [7, 11) is -3.66. The van der Waals surface area contributed by atoms with Gasteiger partial charge >= 0.3 is 12.1 Å². The Morgan fingerprint density at radius 2 is 0.976 bits per heavy atom. The number of fused-ring (bicyclic) bond motifs is 2. The largest absolute Gasteiger partial charge is 0.378 e. The first kappa shape index (κ1) is 62.6. The van der Waals surface area contributed by atoms with E-state index >= 15 is 0 Å². The number of aryl methyl sites for hydroxylation is 2. The maximum atomic E-state index is 13.7. The summed E-state index contributed by atoms with van der Waals surface area (Å²) >= 11 is 12.9. The number of hydrogen-bond donors (Lipinski definition) is 6. The highest BCUT2D eigenvalue weighted by molar-refractivity contribution is 7.89. The highest BCUT2D eigenvalue weighted by Crippen LogP contribution is 2.40. The van der Waals surface area contributed by atoms with Gasteiger partial charge < -0.3 is 40.5 Å². The molecule has 2 unspecified atom stereocenters. The molecule has 82 heavy (non-hydrogen) atoms. The molecule has 4 amide bonds. The molecule has 0 aromatic heterocycles. The number of sulfonamides is 2. The quantitative estimate of drug-likeness (QED) is 0.0460. The normalized spacial score (nSPS) is 19.7. The van der Waals surface area contributed by atoms with Crippen LogP contribution in [0.4, 0.5) is 9.59 Å². The Hall–Kier alpha value is -5.44. The Balaban J connectivity index is 0.624. The number of nitrogens with zero attached hydrogens (tertiary/aromatic N) is 6. The van der Waals surface area contributed by atoms with E-state index in [-0.39, 0.29) is 45.8 Å². The number of carbonyl (C=O) groups excluding carboxylic acids is 2. The predicted octanol–water partition coefficient (Wildman–Crippen LogP) is 5.33. The van der Waals surface area contributed by atoms with Gasteiger partial charge in [-0.25, -0.2) is 35.9 Å². The van der Waals surface area contributed by atoms with E-state index in [0.717, 1.165) is 57.6 Å². The highest BCUT2D eigenvalue weighted by Gasteiger charge is 2.34. The third-order valence-corrected chi connectivity index (χ3v) is 19.2. The van der Waals surface area contributed by atoms with Crippen molar-refractivity contribution < 1.29 is 35.9 Å². The lowest BCUT2D eigenvalue weighted by Crippen LogP contribution is -2.39. The van der Waals surface area contributed by atoms with E-state index in [2.05, 4.69) is 62.4 Å². The molecular weight excluding hydrogens is 1130 g/mol. The zero-order valence-electron chi connectivity index (χ0n) is 47.2. The third kappa shape index (κ3) is 16.7. The summed E-state index contributed by atoms with van der Waals surface area (Å²) in [6, 6.07) is 21.1. The van der Waals surface area contributed by atoms with Gasteiger partial charge in [-0.05, 0) is 160 Å². The van der Waals surface area contributed by atoms with Crippen LogP contribution in [-0.2, 0) is 42.6 Å². The summed E-state index contributed by atoms with van der Waals surface area (Å²) in [5, 5.41) is 31.8. The van der Waals surface area contributed by atoms with Crippen LogP contribution in [-0.4, -0.2) is 180 Å². The monoisotopic (exact) mass is 1200 g/mol. The number of urea groups is 2. The molecule has 2 saturated heterocycles. The first-order valence-corrected chi connectivity index (χ1v) is 31.7. The fraction of sp³-hybridized carbons (Fsp3) is 0.517. The van der Waals surface area contributed by atoms with Crippen LogP contribution in [0.1, 0.15) is 93.2 Å². The Morgan fingerprint density at radius 1 is 0.573 bits per heavy atom. The van der Waals surface area contributed by atoms with Crippen LogP contribution in [0.3, 0.4) is 0 Å². The molecule has 0 radical (unpaired) electrons. The number of rotatable bonds is 25. The zero-order chi connectivity index (χ0) is 58.6. The summed E-state index contributed by atoms with van der Waals surface area (Å²) in [5.74, 6) is -0.296. The molecule has 442 valence electrons. The summed E-state index contributed by atoms with van der Waals surface area (Å²) in [6.07, 6.45) is 2.66. The van der Waals surface area contributed by atoms with Gasteiger partial charge in [0.25, 0.3) is 0 Å². The average molecular weight is 1200 g/mol. The van der Waals surface area contributed by atoms with Crippen LogP contribution in [0.2, 0.25) is 10.0 Å². The molecule has 8 rings (SSSR count). The molecule has 20 nitrogen and oxygen atoms in total. The number of likely N-dealkylation sites (tertiary alicyclic amines) is 2. The molecule has 6 N–H and O–H groups in total. The molecule has 4 aromatic carbocycles. The van der Waals surface area contributed by atoms with E-state index in [4.69, 9.17) is 32.7 Å². The molecule has 4 atom stereocenters. The summed E-state index contributed by atoms with van der Waals surface area (Å²) < 4.78 is 72.2. The molecule has 0 saturated carbocycles. The molecule has 4 aliphatic heterocycles. The summed E-state index contributed by atoms with van der Waals surface area (Å²) in [4.78, 5) is 33.6. The van der Waals surface area contributed by atoms with Gasteiger partial charge in [0, 0.05) is 113 Å². The van der Waals surface area contributed by atoms with E-state index < -0.39 is 20.0 Å². The van der Waals surface area contributed by atoms with Crippen LogP contribution in [0.25, 0.3) is 0 Å². The van der Waals surface area contributed by atoms with Crippen molar-refractivity contribution in [1.29, 1.82) is 10.5 Å². The van der Waals surface area contributed by atoms with Gasteiger partial charge in [0.05, 0.1) is 59.5 Å². The van der Waals surface area contributed by atoms with Gasteiger partial charge in [0.2, 0.25) is 20.0 Å². The van der Waals surface area contributed by atoms with Crippen molar-refractivity contribution >= 4 is 55.3 Å². The Kier molecular flexibility index (Phi) is 22.1. The number of amides is 4. The smallest absolute Gasteiger partial charge is 0.314 e. The first-order valence-electron chi connectivity index (χ1n) is 28.0. The number of nitriles is 2. The van der Waals surface area contributed by atoms with Crippen molar-refractivity contribution in [3.05, 3.63) is 126 Å². The molecular formula is C58H76Cl2N12O8S2. The fourth-order valence-corrected chi connectivity index (χ4v) is 14.6. The molecule has 4 aromatic rings. The van der Waals surface area contributed by atoms with E-state index in [9.17, 15) is 36.9 Å². The zero-order valence-corrected chi connectivity index (χ0v) is 50.3. The van der Waals surface area contributed by atoms with Crippen molar-refractivity contribution in [3.63, 3.8) is 0 Å². The first-order chi connectivity index (χ1) is 39.3. The molecule has 4 aliphatic rings. The van der Waals surface area contributed by atoms with E-state index in [1.54, 1.807) is 36.4 Å². The van der Waals surface area contributed by atoms with Crippen molar-refractivity contribution in [2.45, 2.75) is 86.3 Å². The molecule has 24 heteroatoms. The number of hydrogen-bond acceptors (Lipinski definition) is 14. The minimum atomic E-state index is -3.82. The number of likely N-dealkylation sites (N-methyl/N-ethyl adjacent to an activating group) is 2. The third-order valence-electron chi connectivity index (χ3n) is 15.7. The van der Waals surface area contributed by atoms with E-state index in [1.807, 2.05) is 52.2 Å². The minimum absolute atomic E-state index is 0.148. The average Bonchev–Trinajstić information content (AvgIpc) is 4.15. The van der Waals surface area contributed by atoms with Crippen LogP contribution in [0, 0.1) is 36.5 Å². The van der Waals surface area contributed by atoms with Crippen molar-refractivity contribution in [3.8, 4) is 12.1 Å². The van der Waals surface area contributed by atoms with E-state index in [1.165, 1.54) is 0 Å². The van der Waals surface area contributed by atoms with E-state index in [0.29, 0.717) is 152 Å². The van der Waals surface area contributed by atoms with Crippen molar-refractivity contribution in [1.82, 2.24) is 50.3 Å². The van der Waals surface area contributed by atoms with Gasteiger partial charge in [-0.15, -0.1) is 0 Å². The van der Waals surface area contributed by atoms with Gasteiger partial charge in [-0.3, -0.25) is 9.80 Å². The van der Waals surface area contributed by atoms with Gasteiger partial charge in [-0.2, -0.15) is 10.5 Å². The molecule has 0 bridgehead atoms. The van der Waals surface area contributed by atoms with Gasteiger partial charge in [0.15, 0.2) is 0 Å². The summed E-state index contributed by atoms with van der Waals surface area (Å²) in [6.45, 7) is 13.3. The fourth-order valence-electron chi connectivity index (χ4n) is 11.5. The molecule has 4 heterocycles. The van der Waals surface area contributed by atoms with Crippen molar-refractivity contribution in [2.75, 3.05) is 119 Å². The maximum Gasteiger partial charge on any atom is 0.314 e. The van der Waals surface area contributed by atoms with Crippen LogP contribution in [0.5, 0.6) is 0 Å². The number of benzene rings is 4. The SMILES string of the molecule is Cc1ccc(S(=O)(=O)N[C@@H]2CCN(CCOCCNC(=O)NCCCCNC(=O)NCCOCCN3CC[C@@H](NS(=O)(=O)c4ccc(C)c(C5CN(C)Cc6c(C#N)cc(Cl)cc65)c4)C3)C2)cc1C1CN(C)Cc2c(C#N)cc(Cl)cc21. The van der Waals surface area contributed by atoms with Gasteiger partial charge in [-0.1, -0.05) is 35.3 Å². The second-order valence-corrected chi connectivity index (χ2v) is 26.2. The number of unbranched alkanes of at least 4 members (excludes halogenated alkanes) is 1.